The Bertz CT molecular complexity index is 656. The molecule has 1 aromatic carbocycles. The van der Waals surface area contributed by atoms with Crippen LogP contribution in [0.1, 0.15) is 0 Å². The third-order valence-electron chi connectivity index (χ3n) is 2.21. The standard InChI is InChI=1S/C9H6ClN5O4/c10-6-2-1-5(3-7(6)15(18)19)9-11-12-13-14(9)4-8(16)17/h1-3H,4H2,(H,16,17)/p-1. The predicted molar refractivity (Wildman–Crippen MR) is 59.9 cm³/mol. The van der Waals surface area contributed by atoms with Gasteiger partial charge in [-0.05, 0) is 22.6 Å². The smallest absolute Gasteiger partial charge is 0.288 e. The molecule has 0 unspecified atom stereocenters. The summed E-state index contributed by atoms with van der Waals surface area (Å²) in [5.74, 6) is -1.30. The average Bonchev–Trinajstić information content (AvgIpc) is 2.76. The largest absolute Gasteiger partial charge is 0.548 e. The van der Waals surface area contributed by atoms with Crippen LogP contribution < -0.4 is 5.11 Å². The maximum absolute atomic E-state index is 10.8. The van der Waals surface area contributed by atoms with E-state index in [1.807, 2.05) is 0 Å². The van der Waals surface area contributed by atoms with Crippen molar-refractivity contribution >= 4 is 23.3 Å². The molecule has 0 aliphatic carbocycles. The Kier molecular flexibility index (Phi) is 3.38. The normalized spacial score (nSPS) is 10.4. The number of tetrazole rings is 1. The summed E-state index contributed by atoms with van der Waals surface area (Å²) in [6.07, 6.45) is 0. The number of aromatic nitrogens is 4. The Hall–Kier alpha value is -2.55. The predicted octanol–water partition coefficient (Wildman–Crippen LogP) is -0.348. The summed E-state index contributed by atoms with van der Waals surface area (Å²) >= 11 is 5.67. The van der Waals surface area contributed by atoms with Gasteiger partial charge in [0.25, 0.3) is 5.69 Å². The molecule has 2 rings (SSSR count). The molecule has 0 amide bonds. The van der Waals surface area contributed by atoms with Gasteiger partial charge in [0.15, 0.2) is 5.82 Å². The van der Waals surface area contributed by atoms with Crippen LogP contribution in [-0.4, -0.2) is 31.1 Å². The highest BCUT2D eigenvalue weighted by Gasteiger charge is 2.16. The number of nitro groups is 1. The van der Waals surface area contributed by atoms with Crippen LogP contribution in [0, 0.1) is 10.1 Å². The maximum atomic E-state index is 10.8. The van der Waals surface area contributed by atoms with Gasteiger partial charge in [0.1, 0.15) is 5.02 Å². The van der Waals surface area contributed by atoms with Gasteiger partial charge in [0, 0.05) is 11.6 Å². The Morgan fingerprint density at radius 3 is 2.84 bits per heavy atom. The molecule has 1 heterocycles. The molecule has 0 fully saturated rings. The second-order valence-electron chi connectivity index (χ2n) is 3.46. The van der Waals surface area contributed by atoms with E-state index in [4.69, 9.17) is 11.6 Å². The van der Waals surface area contributed by atoms with E-state index in [9.17, 15) is 20.0 Å². The minimum atomic E-state index is -1.38. The lowest BCUT2D eigenvalue weighted by atomic mass is 10.2. The van der Waals surface area contributed by atoms with Crippen molar-refractivity contribution in [3.05, 3.63) is 33.3 Å². The molecule has 9 nitrogen and oxygen atoms in total. The second-order valence-corrected chi connectivity index (χ2v) is 3.86. The summed E-state index contributed by atoms with van der Waals surface area (Å²) in [7, 11) is 0. The van der Waals surface area contributed by atoms with E-state index >= 15 is 0 Å². The van der Waals surface area contributed by atoms with Crippen LogP contribution in [0.15, 0.2) is 18.2 Å². The zero-order valence-electron chi connectivity index (χ0n) is 9.19. The number of rotatable bonds is 4. The van der Waals surface area contributed by atoms with Gasteiger partial charge in [-0.15, -0.1) is 5.10 Å². The first-order valence-electron chi connectivity index (χ1n) is 4.89. The van der Waals surface area contributed by atoms with E-state index < -0.39 is 17.4 Å². The second kappa shape index (κ2) is 4.98. The first-order chi connectivity index (χ1) is 8.99. The number of benzene rings is 1. The molecule has 10 heteroatoms. The fourth-order valence-corrected chi connectivity index (χ4v) is 1.62. The Morgan fingerprint density at radius 1 is 1.47 bits per heavy atom. The van der Waals surface area contributed by atoms with Gasteiger partial charge < -0.3 is 9.90 Å². The van der Waals surface area contributed by atoms with E-state index in [1.54, 1.807) is 0 Å². The topological polar surface area (TPSA) is 127 Å². The number of aliphatic carboxylic acids is 1. The minimum absolute atomic E-state index is 0.0346. The number of halogens is 1. The quantitative estimate of drug-likeness (QED) is 0.554. The van der Waals surface area contributed by atoms with Crippen LogP contribution in [-0.2, 0) is 11.3 Å². The average molecular weight is 283 g/mol. The van der Waals surface area contributed by atoms with Gasteiger partial charge in [-0.1, -0.05) is 11.6 Å². The molecule has 0 aliphatic heterocycles. The van der Waals surface area contributed by atoms with Gasteiger partial charge in [-0.2, -0.15) is 0 Å². The molecule has 0 N–H and O–H groups in total. The zero-order valence-corrected chi connectivity index (χ0v) is 9.94. The van der Waals surface area contributed by atoms with Crippen molar-refractivity contribution < 1.29 is 14.8 Å². The molecule has 0 atom stereocenters. The fourth-order valence-electron chi connectivity index (χ4n) is 1.43. The highest BCUT2D eigenvalue weighted by molar-refractivity contribution is 6.32. The number of nitro benzene ring substituents is 1. The Balaban J connectivity index is 2.48. The van der Waals surface area contributed by atoms with Gasteiger partial charge in [0.2, 0.25) is 0 Å². The first-order valence-corrected chi connectivity index (χ1v) is 5.27. The van der Waals surface area contributed by atoms with Crippen molar-refractivity contribution in [1.29, 1.82) is 0 Å². The Labute approximate surface area is 110 Å². The number of carbonyl (C=O) groups excluding carboxylic acids is 1. The SMILES string of the molecule is O=C([O-])Cn1nnnc1-c1ccc(Cl)c([N+](=O)[O-])c1. The fraction of sp³-hybridized carbons (Fsp3) is 0.111. The lowest BCUT2D eigenvalue weighted by Crippen LogP contribution is -2.28. The summed E-state index contributed by atoms with van der Waals surface area (Å²) in [6, 6.07) is 3.93. The zero-order chi connectivity index (χ0) is 14.0. The molecule has 0 bridgehead atoms. The molecule has 0 radical (unpaired) electrons. The minimum Gasteiger partial charge on any atom is -0.548 e. The molecule has 1 aromatic heterocycles. The molecule has 0 saturated heterocycles. The molecule has 19 heavy (non-hydrogen) atoms. The van der Waals surface area contributed by atoms with Gasteiger partial charge in [-0.25, -0.2) is 4.68 Å². The van der Waals surface area contributed by atoms with Crippen molar-refractivity contribution in [3.63, 3.8) is 0 Å². The molecule has 0 saturated carbocycles. The summed E-state index contributed by atoms with van der Waals surface area (Å²) in [5.41, 5.74) is -0.0375. The molecular weight excluding hydrogens is 278 g/mol. The van der Waals surface area contributed by atoms with Gasteiger partial charge >= 0.3 is 0 Å². The van der Waals surface area contributed by atoms with Gasteiger partial charge in [-0.3, -0.25) is 10.1 Å². The summed E-state index contributed by atoms with van der Waals surface area (Å²) < 4.78 is 0.961. The monoisotopic (exact) mass is 282 g/mol. The van der Waals surface area contributed by atoms with Crippen LogP contribution in [0.4, 0.5) is 5.69 Å². The van der Waals surface area contributed by atoms with E-state index in [2.05, 4.69) is 15.5 Å². The van der Waals surface area contributed by atoms with E-state index in [0.717, 1.165) is 4.68 Å². The van der Waals surface area contributed by atoms with E-state index in [-0.39, 0.29) is 22.1 Å². The lowest BCUT2D eigenvalue weighted by molar-refractivity contribution is -0.384. The Morgan fingerprint density at radius 2 is 2.21 bits per heavy atom. The third-order valence-corrected chi connectivity index (χ3v) is 2.53. The number of hydrogen-bond donors (Lipinski definition) is 0. The van der Waals surface area contributed by atoms with Gasteiger partial charge in [0.05, 0.1) is 17.4 Å². The lowest BCUT2D eigenvalue weighted by Gasteiger charge is -2.05. The van der Waals surface area contributed by atoms with Crippen molar-refractivity contribution in [2.75, 3.05) is 0 Å². The molecule has 2 aromatic rings. The number of hydrogen-bond acceptors (Lipinski definition) is 7. The first kappa shape index (κ1) is 12.9. The van der Waals surface area contributed by atoms with Crippen LogP contribution in [0.2, 0.25) is 5.02 Å². The molecular formula is C9H5ClN5O4-. The number of carbonyl (C=O) groups is 1. The van der Waals surface area contributed by atoms with E-state index in [0.29, 0.717) is 0 Å². The van der Waals surface area contributed by atoms with Crippen LogP contribution in [0.3, 0.4) is 0 Å². The number of carboxylic acids is 1. The third kappa shape index (κ3) is 2.65. The summed E-state index contributed by atoms with van der Waals surface area (Å²) in [4.78, 5) is 20.6. The van der Waals surface area contributed by atoms with E-state index in [1.165, 1.54) is 18.2 Å². The summed E-state index contributed by atoms with van der Waals surface area (Å²) in [5, 5.41) is 31.6. The number of carboxylic acid groups (broad SMARTS) is 1. The highest BCUT2D eigenvalue weighted by atomic mass is 35.5. The van der Waals surface area contributed by atoms with Crippen molar-refractivity contribution in [1.82, 2.24) is 20.2 Å². The number of nitrogens with zero attached hydrogens (tertiary/aromatic N) is 5. The molecule has 0 spiro atoms. The van der Waals surface area contributed by atoms with Crippen molar-refractivity contribution in [2.45, 2.75) is 6.54 Å². The maximum Gasteiger partial charge on any atom is 0.288 e. The molecule has 0 aliphatic rings. The van der Waals surface area contributed by atoms with Crippen molar-refractivity contribution in [2.24, 2.45) is 0 Å². The van der Waals surface area contributed by atoms with Crippen LogP contribution in [0.5, 0.6) is 0 Å². The van der Waals surface area contributed by atoms with Crippen LogP contribution in [0.25, 0.3) is 11.4 Å². The summed E-state index contributed by atoms with van der Waals surface area (Å²) in [6.45, 7) is -0.557. The van der Waals surface area contributed by atoms with Crippen LogP contribution >= 0.6 is 11.6 Å². The molecule has 98 valence electrons. The van der Waals surface area contributed by atoms with Crippen molar-refractivity contribution in [3.8, 4) is 11.4 Å². The highest BCUT2D eigenvalue weighted by Crippen LogP contribution is 2.29.